The molecule has 0 aliphatic heterocycles. The Bertz CT molecular complexity index is 557. The van der Waals surface area contributed by atoms with E-state index in [0.29, 0.717) is 0 Å². The minimum Gasteiger partial charge on any atom is -0.393 e. The summed E-state index contributed by atoms with van der Waals surface area (Å²) in [6.07, 6.45) is 2.66. The largest absolute Gasteiger partial charge is 0.393 e. The van der Waals surface area contributed by atoms with E-state index < -0.39 is 20.3 Å². The van der Waals surface area contributed by atoms with Gasteiger partial charge in [0.05, 0.1) is 4.92 Å². The van der Waals surface area contributed by atoms with Gasteiger partial charge < -0.3 is 5.73 Å². The summed E-state index contributed by atoms with van der Waals surface area (Å²) in [6.45, 7) is 0. The molecule has 0 bridgehead atoms. The summed E-state index contributed by atoms with van der Waals surface area (Å²) in [5.41, 5.74) is 4.78. The summed E-state index contributed by atoms with van der Waals surface area (Å²) >= 11 is 5.59. The van der Waals surface area contributed by atoms with Crippen molar-refractivity contribution in [3.05, 3.63) is 21.3 Å². The van der Waals surface area contributed by atoms with E-state index in [1.165, 1.54) is 12.5 Å². The Morgan fingerprint density at radius 2 is 2.19 bits per heavy atom. The molecule has 0 unspecified atom stereocenters. The summed E-state index contributed by atoms with van der Waals surface area (Å²) in [7, 11) is -2.57. The highest BCUT2D eigenvalue weighted by Crippen LogP contribution is 2.33. The Labute approximate surface area is 97.0 Å². The van der Waals surface area contributed by atoms with Gasteiger partial charge in [0.25, 0.3) is 0 Å². The van der Waals surface area contributed by atoms with Crippen molar-refractivity contribution in [1.82, 2.24) is 4.98 Å². The minimum atomic E-state index is -2.57. The van der Waals surface area contributed by atoms with Gasteiger partial charge in [0.15, 0.2) is 0 Å². The first-order valence-electron chi connectivity index (χ1n) is 3.98. The van der Waals surface area contributed by atoms with Gasteiger partial charge in [0.2, 0.25) is 5.82 Å². The maximum atomic E-state index is 11.4. The molecule has 1 aromatic heterocycles. The van der Waals surface area contributed by atoms with Gasteiger partial charge in [-0.3, -0.25) is 10.1 Å². The van der Waals surface area contributed by atoms with Gasteiger partial charge in [-0.1, -0.05) is 11.6 Å². The number of hydrogen-bond donors (Lipinski definition) is 1. The molecular weight excluding hydrogens is 256 g/mol. The molecule has 0 fully saturated rings. The van der Waals surface area contributed by atoms with Crippen LogP contribution in [0.15, 0.2) is 10.4 Å². The Hall–Kier alpha value is -1.41. The van der Waals surface area contributed by atoms with Crippen molar-refractivity contribution in [1.29, 1.82) is 0 Å². The number of pyridine rings is 1. The van der Waals surface area contributed by atoms with Gasteiger partial charge in [-0.2, -0.15) is 4.36 Å². The average Bonchev–Trinajstić information content (AvgIpc) is 1.96. The molecular formula is C7H9ClN4O3S. The molecule has 0 aromatic carbocycles. The van der Waals surface area contributed by atoms with Gasteiger partial charge in [-0.15, -0.1) is 0 Å². The summed E-state index contributed by atoms with van der Waals surface area (Å²) in [6, 6.07) is 1.14. The van der Waals surface area contributed by atoms with E-state index in [-0.39, 0.29) is 16.7 Å². The highest BCUT2D eigenvalue weighted by Gasteiger charge is 2.21. The summed E-state index contributed by atoms with van der Waals surface area (Å²) in [5.74, 6) is -0.315. The Morgan fingerprint density at radius 3 is 2.62 bits per heavy atom. The van der Waals surface area contributed by atoms with Crippen LogP contribution in [0, 0.1) is 10.1 Å². The van der Waals surface area contributed by atoms with Crippen molar-refractivity contribution < 1.29 is 9.13 Å². The third kappa shape index (κ3) is 3.04. The molecule has 16 heavy (non-hydrogen) atoms. The summed E-state index contributed by atoms with van der Waals surface area (Å²) in [4.78, 5) is 13.6. The second-order valence-electron chi connectivity index (χ2n) is 3.24. The zero-order valence-electron chi connectivity index (χ0n) is 8.51. The summed E-state index contributed by atoms with van der Waals surface area (Å²) in [5, 5.41) is 10.7. The zero-order chi connectivity index (χ0) is 12.5. The van der Waals surface area contributed by atoms with E-state index in [2.05, 4.69) is 9.35 Å². The smallest absolute Gasteiger partial charge is 0.337 e. The van der Waals surface area contributed by atoms with E-state index in [4.69, 9.17) is 17.3 Å². The zero-order valence-corrected chi connectivity index (χ0v) is 10.1. The van der Waals surface area contributed by atoms with Crippen molar-refractivity contribution in [2.45, 2.75) is 0 Å². The molecule has 7 nitrogen and oxygen atoms in total. The van der Waals surface area contributed by atoms with Crippen LogP contribution >= 0.6 is 11.6 Å². The number of hydrogen-bond acceptors (Lipinski definition) is 6. The fourth-order valence-electron chi connectivity index (χ4n) is 0.971. The number of nitro groups is 1. The van der Waals surface area contributed by atoms with Crippen molar-refractivity contribution >= 4 is 38.5 Å². The third-order valence-electron chi connectivity index (χ3n) is 1.46. The molecule has 9 heteroatoms. The number of nitrogens with zero attached hydrogens (tertiary/aromatic N) is 3. The van der Waals surface area contributed by atoms with Crippen molar-refractivity contribution in [2.24, 2.45) is 4.36 Å². The minimum absolute atomic E-state index is 0.0366. The Morgan fingerprint density at radius 1 is 1.62 bits per heavy atom. The van der Waals surface area contributed by atoms with Gasteiger partial charge in [0.1, 0.15) is 10.8 Å². The van der Waals surface area contributed by atoms with Crippen LogP contribution in [0.5, 0.6) is 0 Å². The predicted molar refractivity (Wildman–Crippen MR) is 62.4 cm³/mol. The van der Waals surface area contributed by atoms with Crippen molar-refractivity contribution in [3.8, 4) is 0 Å². The molecule has 88 valence electrons. The summed E-state index contributed by atoms with van der Waals surface area (Å²) < 4.78 is 15.1. The average molecular weight is 265 g/mol. The highest BCUT2D eigenvalue weighted by molar-refractivity contribution is 7.92. The molecule has 0 saturated heterocycles. The maximum absolute atomic E-state index is 11.4. The Kier molecular flexibility index (Phi) is 3.34. The third-order valence-corrected chi connectivity index (χ3v) is 2.27. The predicted octanol–water partition coefficient (Wildman–Crippen LogP) is 1.58. The molecule has 0 radical (unpaired) electrons. The number of halogens is 1. The number of aromatic nitrogens is 1. The first kappa shape index (κ1) is 12.7. The van der Waals surface area contributed by atoms with E-state index in [0.717, 1.165) is 6.07 Å². The highest BCUT2D eigenvalue weighted by atomic mass is 35.5. The van der Waals surface area contributed by atoms with Crippen LogP contribution in [0.25, 0.3) is 0 Å². The second-order valence-corrected chi connectivity index (χ2v) is 6.17. The van der Waals surface area contributed by atoms with Crippen LogP contribution in [0.1, 0.15) is 0 Å². The lowest BCUT2D eigenvalue weighted by atomic mass is 10.3. The second kappa shape index (κ2) is 4.22. The molecule has 0 amide bonds. The van der Waals surface area contributed by atoms with Crippen molar-refractivity contribution in [3.63, 3.8) is 0 Å². The van der Waals surface area contributed by atoms with E-state index >= 15 is 0 Å². The molecule has 0 aliphatic rings. The number of anilines is 1. The van der Waals surface area contributed by atoms with Gasteiger partial charge in [0, 0.05) is 28.3 Å². The van der Waals surface area contributed by atoms with Crippen LogP contribution < -0.4 is 5.73 Å². The maximum Gasteiger partial charge on any atom is 0.337 e. The molecule has 0 atom stereocenters. The van der Waals surface area contributed by atoms with Crippen LogP contribution in [0.3, 0.4) is 0 Å². The van der Waals surface area contributed by atoms with E-state index in [9.17, 15) is 14.3 Å². The number of rotatable bonds is 2. The quantitative estimate of drug-likeness (QED) is 0.495. The number of nitrogens with two attached hydrogens (primary N) is 1. The van der Waals surface area contributed by atoms with Crippen LogP contribution in [0.4, 0.5) is 17.2 Å². The normalized spacial score (nSPS) is 11.2. The molecule has 1 heterocycles. The molecule has 0 saturated carbocycles. The lowest BCUT2D eigenvalue weighted by Gasteiger charge is -2.01. The first-order chi connectivity index (χ1) is 7.20. The van der Waals surface area contributed by atoms with Crippen LogP contribution in [0.2, 0.25) is 5.15 Å². The van der Waals surface area contributed by atoms with E-state index in [1.54, 1.807) is 0 Å². The first-order valence-corrected chi connectivity index (χ1v) is 6.69. The van der Waals surface area contributed by atoms with Crippen LogP contribution in [-0.4, -0.2) is 26.6 Å². The Balaban J connectivity index is 3.61. The van der Waals surface area contributed by atoms with Gasteiger partial charge in [-0.05, 0) is 0 Å². The van der Waals surface area contributed by atoms with Crippen molar-refractivity contribution in [2.75, 3.05) is 18.2 Å². The fraction of sp³-hybridized carbons (Fsp3) is 0.286. The number of nitrogen functional groups attached to an aromatic ring is 1. The molecule has 0 aliphatic carbocycles. The lowest BCUT2D eigenvalue weighted by Crippen LogP contribution is -1.99. The molecule has 1 aromatic rings. The fourth-order valence-corrected chi connectivity index (χ4v) is 1.71. The molecule has 0 spiro atoms. The molecule has 2 N–H and O–H groups in total. The van der Waals surface area contributed by atoms with Crippen LogP contribution in [-0.2, 0) is 9.73 Å². The monoisotopic (exact) mass is 264 g/mol. The lowest BCUT2D eigenvalue weighted by molar-refractivity contribution is -0.383. The standard InChI is InChI=1S/C7H9ClN4O3S/c1-16(2,15)11-7-6(12(13)14)4(9)3-5(8)10-7/h3H,1-2H3,(H2,9,10). The van der Waals surface area contributed by atoms with Gasteiger partial charge in [-0.25, -0.2) is 9.19 Å². The molecule has 1 rings (SSSR count). The van der Waals surface area contributed by atoms with E-state index in [1.807, 2.05) is 0 Å². The SMILES string of the molecule is CS(C)(=O)=Nc1nc(Cl)cc(N)c1[N+](=O)[O-]. The van der Waals surface area contributed by atoms with Gasteiger partial charge >= 0.3 is 5.69 Å². The topological polar surface area (TPSA) is 111 Å².